The van der Waals surface area contributed by atoms with Gasteiger partial charge in [0.15, 0.2) is 17.3 Å². The normalized spacial score (nSPS) is 14.9. The number of carbonyl (C=O) groups is 3. The summed E-state index contributed by atoms with van der Waals surface area (Å²) in [5, 5.41) is 0. The summed E-state index contributed by atoms with van der Waals surface area (Å²) in [6.45, 7) is 0. The Hall–Kier alpha value is -2.29. The second kappa shape index (κ2) is 4.06. The second-order valence-electron chi connectivity index (χ2n) is 3.35. The van der Waals surface area contributed by atoms with E-state index < -0.39 is 11.6 Å². The van der Waals surface area contributed by atoms with Crippen LogP contribution in [0, 0.1) is 0 Å². The van der Waals surface area contributed by atoms with E-state index in [0.717, 1.165) is 18.2 Å². The van der Waals surface area contributed by atoms with Crippen molar-refractivity contribution in [3.8, 4) is 0 Å². The van der Waals surface area contributed by atoms with Gasteiger partial charge in [-0.15, -0.1) is 0 Å². The summed E-state index contributed by atoms with van der Waals surface area (Å²) in [5.41, 5.74) is 0.337. The predicted molar refractivity (Wildman–Crippen MR) is 58.0 cm³/mol. The fraction of sp³-hybridized carbons (Fsp3) is 0. The minimum Gasteiger partial charge on any atom is -0.290 e. The smallest absolute Gasteiger partial charge is 0.197 e. The number of hydrogen-bond acceptors (Lipinski definition) is 3. The quantitative estimate of drug-likeness (QED) is 0.424. The third kappa shape index (κ3) is 1.88. The van der Waals surface area contributed by atoms with Gasteiger partial charge in [0.05, 0.1) is 5.57 Å². The van der Waals surface area contributed by atoms with Crippen LogP contribution < -0.4 is 0 Å². The topological polar surface area (TPSA) is 51.2 Å². The molecule has 2 rings (SSSR count). The van der Waals surface area contributed by atoms with Gasteiger partial charge in [-0.25, -0.2) is 0 Å². The Balaban J connectivity index is 2.36. The molecule has 1 aromatic rings. The van der Waals surface area contributed by atoms with E-state index in [2.05, 4.69) is 0 Å². The highest BCUT2D eigenvalue weighted by atomic mass is 16.2. The van der Waals surface area contributed by atoms with Crippen LogP contribution in [0.5, 0.6) is 0 Å². The average molecular weight is 212 g/mol. The Kier molecular flexibility index (Phi) is 2.60. The van der Waals surface area contributed by atoms with Crippen LogP contribution in [0.1, 0.15) is 10.4 Å². The summed E-state index contributed by atoms with van der Waals surface area (Å²) in [6.07, 6.45) is 3.36. The van der Waals surface area contributed by atoms with Crippen molar-refractivity contribution in [3.63, 3.8) is 0 Å². The number of hydrogen-bond donors (Lipinski definition) is 0. The van der Waals surface area contributed by atoms with E-state index in [0.29, 0.717) is 5.56 Å². The Morgan fingerprint density at radius 3 is 2.31 bits per heavy atom. The summed E-state index contributed by atoms with van der Waals surface area (Å²) in [4.78, 5) is 34.4. The third-order valence-electron chi connectivity index (χ3n) is 2.23. The van der Waals surface area contributed by atoms with Gasteiger partial charge in [-0.2, -0.15) is 0 Å². The molecule has 0 bridgehead atoms. The lowest BCUT2D eigenvalue weighted by Crippen LogP contribution is -2.16. The maximum absolute atomic E-state index is 11.9. The number of allylic oxidation sites excluding steroid dienone is 4. The first-order valence-electron chi connectivity index (χ1n) is 4.76. The number of benzene rings is 1. The standard InChI is InChI=1S/C13H8O3/c14-10-6-7-12(15)11(8-10)13(16)9-4-2-1-3-5-9/h1-8H. The van der Waals surface area contributed by atoms with E-state index in [9.17, 15) is 14.4 Å². The van der Waals surface area contributed by atoms with E-state index in [1.165, 1.54) is 0 Å². The molecular weight excluding hydrogens is 204 g/mol. The molecule has 0 aromatic heterocycles. The number of Topliss-reactive ketones (excluding diaryl/α,β-unsaturated/α-hetero) is 1. The molecule has 0 saturated heterocycles. The van der Waals surface area contributed by atoms with Gasteiger partial charge in [-0.3, -0.25) is 14.4 Å². The lowest BCUT2D eigenvalue weighted by Gasteiger charge is -2.05. The van der Waals surface area contributed by atoms with Gasteiger partial charge in [0.1, 0.15) is 0 Å². The van der Waals surface area contributed by atoms with Crippen LogP contribution in [0.3, 0.4) is 0 Å². The highest BCUT2D eigenvalue weighted by Crippen LogP contribution is 2.12. The molecule has 0 radical (unpaired) electrons. The van der Waals surface area contributed by atoms with Crippen molar-refractivity contribution >= 4 is 17.3 Å². The zero-order valence-electron chi connectivity index (χ0n) is 8.34. The van der Waals surface area contributed by atoms with Crippen molar-refractivity contribution in [1.29, 1.82) is 0 Å². The minimum atomic E-state index is -0.423. The maximum atomic E-state index is 11.9. The van der Waals surface area contributed by atoms with Crippen LogP contribution in [0.25, 0.3) is 0 Å². The molecule has 0 fully saturated rings. The molecule has 1 aliphatic carbocycles. The van der Waals surface area contributed by atoms with Gasteiger partial charge in [-0.1, -0.05) is 30.3 Å². The van der Waals surface area contributed by atoms with Crippen LogP contribution in [0.4, 0.5) is 0 Å². The van der Waals surface area contributed by atoms with E-state index in [-0.39, 0.29) is 11.4 Å². The SMILES string of the molecule is O=C1C=CC(=O)C(C(=O)c2ccccc2)=C1. The lowest BCUT2D eigenvalue weighted by molar-refractivity contribution is -0.114. The minimum absolute atomic E-state index is 0.0706. The van der Waals surface area contributed by atoms with Crippen LogP contribution >= 0.6 is 0 Å². The Morgan fingerprint density at radius 1 is 0.938 bits per heavy atom. The summed E-state index contributed by atoms with van der Waals surface area (Å²) in [7, 11) is 0. The first-order chi connectivity index (χ1) is 7.68. The van der Waals surface area contributed by atoms with Gasteiger partial charge < -0.3 is 0 Å². The fourth-order valence-electron chi connectivity index (χ4n) is 1.43. The molecule has 3 nitrogen and oxygen atoms in total. The van der Waals surface area contributed by atoms with Crippen LogP contribution in [0.15, 0.2) is 54.1 Å². The second-order valence-corrected chi connectivity index (χ2v) is 3.35. The molecule has 1 aliphatic rings. The molecule has 3 heteroatoms. The van der Waals surface area contributed by atoms with Crippen molar-refractivity contribution < 1.29 is 14.4 Å². The first kappa shape index (κ1) is 10.2. The molecule has 0 spiro atoms. The van der Waals surface area contributed by atoms with Gasteiger partial charge in [0.25, 0.3) is 0 Å². The molecule has 0 atom stereocenters. The molecule has 0 N–H and O–H groups in total. The van der Waals surface area contributed by atoms with Crippen molar-refractivity contribution in [2.45, 2.75) is 0 Å². The van der Waals surface area contributed by atoms with Gasteiger partial charge in [-0.05, 0) is 12.2 Å². The summed E-state index contributed by atoms with van der Waals surface area (Å²) >= 11 is 0. The molecule has 16 heavy (non-hydrogen) atoms. The summed E-state index contributed by atoms with van der Waals surface area (Å²) < 4.78 is 0. The van der Waals surface area contributed by atoms with Crippen LogP contribution in [0.2, 0.25) is 0 Å². The number of ketones is 3. The fourth-order valence-corrected chi connectivity index (χ4v) is 1.43. The highest BCUT2D eigenvalue weighted by Gasteiger charge is 2.21. The lowest BCUT2D eigenvalue weighted by atomic mass is 9.95. The molecular formula is C13H8O3. The zero-order chi connectivity index (χ0) is 11.5. The van der Waals surface area contributed by atoms with E-state index in [1.54, 1.807) is 30.3 Å². The highest BCUT2D eigenvalue weighted by molar-refractivity contribution is 6.34. The van der Waals surface area contributed by atoms with Crippen molar-refractivity contribution in [1.82, 2.24) is 0 Å². The molecule has 78 valence electrons. The van der Waals surface area contributed by atoms with E-state index >= 15 is 0 Å². The molecule has 0 aliphatic heterocycles. The largest absolute Gasteiger partial charge is 0.290 e. The molecule has 0 heterocycles. The van der Waals surface area contributed by atoms with Crippen LogP contribution in [-0.2, 0) is 9.59 Å². The summed E-state index contributed by atoms with van der Waals surface area (Å²) in [5.74, 6) is -1.17. The van der Waals surface area contributed by atoms with Gasteiger partial charge in [0.2, 0.25) is 0 Å². The molecule has 0 amide bonds. The van der Waals surface area contributed by atoms with Gasteiger partial charge in [0, 0.05) is 11.6 Å². The molecule has 0 saturated carbocycles. The van der Waals surface area contributed by atoms with Crippen LogP contribution in [-0.4, -0.2) is 17.3 Å². The first-order valence-corrected chi connectivity index (χ1v) is 4.76. The Labute approximate surface area is 92.1 Å². The van der Waals surface area contributed by atoms with Crippen molar-refractivity contribution in [2.24, 2.45) is 0 Å². The number of rotatable bonds is 2. The van der Waals surface area contributed by atoms with Crippen molar-refractivity contribution in [2.75, 3.05) is 0 Å². The zero-order valence-corrected chi connectivity index (χ0v) is 8.34. The van der Waals surface area contributed by atoms with Gasteiger partial charge >= 0.3 is 0 Å². The predicted octanol–water partition coefficient (Wildman–Crippen LogP) is 1.50. The van der Waals surface area contributed by atoms with E-state index in [1.807, 2.05) is 0 Å². The van der Waals surface area contributed by atoms with Crippen molar-refractivity contribution in [3.05, 3.63) is 59.7 Å². The number of carbonyl (C=O) groups excluding carboxylic acids is 3. The summed E-state index contributed by atoms with van der Waals surface area (Å²) in [6, 6.07) is 8.41. The monoisotopic (exact) mass is 212 g/mol. The van der Waals surface area contributed by atoms with E-state index in [4.69, 9.17) is 0 Å². The Morgan fingerprint density at radius 2 is 1.62 bits per heavy atom. The molecule has 0 unspecified atom stereocenters. The maximum Gasteiger partial charge on any atom is 0.197 e. The average Bonchev–Trinajstić information content (AvgIpc) is 2.32. The Bertz CT molecular complexity index is 521. The third-order valence-corrected chi connectivity index (χ3v) is 2.23. The molecule has 1 aromatic carbocycles.